The third-order valence-electron chi connectivity index (χ3n) is 3.45. The minimum absolute atomic E-state index is 0.228. The summed E-state index contributed by atoms with van der Waals surface area (Å²) in [5.74, 6) is -0.0503. The van der Waals surface area contributed by atoms with Crippen molar-refractivity contribution in [2.45, 2.75) is 19.8 Å². The third kappa shape index (κ3) is 2.66. The number of aromatic nitrogens is 1. The maximum Gasteiger partial charge on any atom is 0.294 e. The molecule has 3 rings (SSSR count). The lowest BCUT2D eigenvalue weighted by molar-refractivity contribution is 0.0988. The van der Waals surface area contributed by atoms with Gasteiger partial charge in [0.05, 0.1) is 5.69 Å². The number of hydrogen-bond acceptors (Lipinski definition) is 4. The van der Waals surface area contributed by atoms with E-state index in [9.17, 15) is 4.79 Å². The normalized spacial score (nSPS) is 14.6. The molecule has 5 nitrogen and oxygen atoms in total. The largest absolute Gasteiger partial charge is 0.372 e. The van der Waals surface area contributed by atoms with Gasteiger partial charge in [-0.15, -0.1) is 0 Å². The molecule has 0 radical (unpaired) electrons. The van der Waals surface area contributed by atoms with Gasteiger partial charge in [-0.3, -0.25) is 4.79 Å². The van der Waals surface area contributed by atoms with Gasteiger partial charge < -0.3 is 14.7 Å². The van der Waals surface area contributed by atoms with Crippen LogP contribution < -0.4 is 10.2 Å². The number of rotatable bonds is 3. The standard InChI is InChI=1S/C15H17N3O2/c1-11-10-14(20-17-11)15(19)16-12-4-6-13(7-5-12)18-8-2-3-9-18/h4-7,10H,2-3,8-9H2,1H3,(H,16,19). The first-order chi connectivity index (χ1) is 9.72. The van der Waals surface area contributed by atoms with E-state index in [1.54, 1.807) is 13.0 Å². The zero-order valence-corrected chi connectivity index (χ0v) is 11.4. The zero-order valence-electron chi connectivity index (χ0n) is 11.4. The van der Waals surface area contributed by atoms with Crippen molar-refractivity contribution in [3.05, 3.63) is 41.8 Å². The van der Waals surface area contributed by atoms with Crippen molar-refractivity contribution in [2.75, 3.05) is 23.3 Å². The van der Waals surface area contributed by atoms with Gasteiger partial charge >= 0.3 is 0 Å². The van der Waals surface area contributed by atoms with Crippen LogP contribution in [-0.4, -0.2) is 24.2 Å². The highest BCUT2D eigenvalue weighted by atomic mass is 16.5. The molecule has 1 aliphatic heterocycles. The first-order valence-corrected chi connectivity index (χ1v) is 6.82. The number of anilines is 2. The molecule has 20 heavy (non-hydrogen) atoms. The van der Waals surface area contributed by atoms with Crippen LogP contribution in [0.2, 0.25) is 0 Å². The fourth-order valence-electron chi connectivity index (χ4n) is 2.39. The van der Waals surface area contributed by atoms with Crippen LogP contribution in [0.5, 0.6) is 0 Å². The molecule has 0 saturated carbocycles. The minimum Gasteiger partial charge on any atom is -0.372 e. The van der Waals surface area contributed by atoms with Crippen LogP contribution in [0.15, 0.2) is 34.9 Å². The van der Waals surface area contributed by atoms with Gasteiger partial charge in [0.2, 0.25) is 5.76 Å². The molecule has 1 saturated heterocycles. The van der Waals surface area contributed by atoms with Crippen LogP contribution in [-0.2, 0) is 0 Å². The summed E-state index contributed by atoms with van der Waals surface area (Å²) >= 11 is 0. The average molecular weight is 271 g/mol. The van der Waals surface area contributed by atoms with E-state index in [1.807, 2.05) is 24.3 Å². The van der Waals surface area contributed by atoms with Crippen molar-refractivity contribution in [1.29, 1.82) is 0 Å². The van der Waals surface area contributed by atoms with E-state index in [0.29, 0.717) is 5.69 Å². The number of hydrogen-bond donors (Lipinski definition) is 1. The fourth-order valence-corrected chi connectivity index (χ4v) is 2.39. The van der Waals surface area contributed by atoms with Crippen LogP contribution in [0, 0.1) is 6.92 Å². The van der Waals surface area contributed by atoms with Gasteiger partial charge in [-0.2, -0.15) is 0 Å². The summed E-state index contributed by atoms with van der Waals surface area (Å²) in [5.41, 5.74) is 2.66. The summed E-state index contributed by atoms with van der Waals surface area (Å²) in [7, 11) is 0. The topological polar surface area (TPSA) is 58.4 Å². The molecule has 1 amide bonds. The monoisotopic (exact) mass is 271 g/mol. The second kappa shape index (κ2) is 5.36. The molecular weight excluding hydrogens is 254 g/mol. The van der Waals surface area contributed by atoms with Crippen molar-refractivity contribution >= 4 is 17.3 Å². The Bertz CT molecular complexity index is 598. The Labute approximate surface area is 117 Å². The molecule has 0 aliphatic carbocycles. The highest BCUT2D eigenvalue weighted by molar-refractivity contribution is 6.02. The smallest absolute Gasteiger partial charge is 0.294 e. The van der Waals surface area contributed by atoms with E-state index in [2.05, 4.69) is 15.4 Å². The van der Waals surface area contributed by atoms with Crippen molar-refractivity contribution in [2.24, 2.45) is 0 Å². The van der Waals surface area contributed by atoms with Crippen LogP contribution in [0.25, 0.3) is 0 Å². The molecule has 2 aromatic rings. The average Bonchev–Trinajstić information content (AvgIpc) is 3.10. The Morgan fingerprint density at radius 3 is 2.55 bits per heavy atom. The quantitative estimate of drug-likeness (QED) is 0.932. The molecule has 5 heteroatoms. The first-order valence-electron chi connectivity index (χ1n) is 6.82. The summed E-state index contributed by atoms with van der Waals surface area (Å²) < 4.78 is 4.93. The summed E-state index contributed by atoms with van der Waals surface area (Å²) in [6, 6.07) is 9.51. The Kier molecular flexibility index (Phi) is 3.41. The maximum absolute atomic E-state index is 11.9. The van der Waals surface area contributed by atoms with E-state index < -0.39 is 0 Å². The summed E-state index contributed by atoms with van der Waals surface area (Å²) in [6.45, 7) is 4.01. The number of amides is 1. The summed E-state index contributed by atoms with van der Waals surface area (Å²) in [4.78, 5) is 14.3. The molecule has 1 aromatic heterocycles. The van der Waals surface area contributed by atoms with Crippen molar-refractivity contribution in [3.63, 3.8) is 0 Å². The molecule has 1 aromatic carbocycles. The minimum atomic E-state index is -0.278. The van der Waals surface area contributed by atoms with Crippen LogP contribution >= 0.6 is 0 Å². The Balaban J connectivity index is 1.67. The predicted octanol–water partition coefficient (Wildman–Crippen LogP) is 2.84. The van der Waals surface area contributed by atoms with Gasteiger partial charge in [0.25, 0.3) is 5.91 Å². The lowest BCUT2D eigenvalue weighted by Crippen LogP contribution is -2.17. The van der Waals surface area contributed by atoms with E-state index in [0.717, 1.165) is 18.8 Å². The molecule has 0 spiro atoms. The van der Waals surface area contributed by atoms with Crippen molar-refractivity contribution in [3.8, 4) is 0 Å². The predicted molar refractivity (Wildman–Crippen MR) is 77.1 cm³/mol. The second-order valence-corrected chi connectivity index (χ2v) is 5.03. The van der Waals surface area contributed by atoms with Gasteiger partial charge in [0.15, 0.2) is 0 Å². The number of nitrogens with one attached hydrogen (secondary N) is 1. The first kappa shape index (κ1) is 12.7. The van der Waals surface area contributed by atoms with Crippen molar-refractivity contribution < 1.29 is 9.32 Å². The zero-order chi connectivity index (χ0) is 13.9. The molecule has 104 valence electrons. The lowest BCUT2D eigenvalue weighted by atomic mass is 10.2. The number of carbonyl (C=O) groups is 1. The SMILES string of the molecule is Cc1cc(C(=O)Nc2ccc(N3CCCC3)cc2)on1. The van der Waals surface area contributed by atoms with Gasteiger partial charge in [-0.25, -0.2) is 0 Å². The molecule has 2 heterocycles. The van der Waals surface area contributed by atoms with Crippen LogP contribution in [0.3, 0.4) is 0 Å². The molecule has 0 atom stereocenters. The molecule has 1 N–H and O–H groups in total. The molecule has 1 fully saturated rings. The van der Waals surface area contributed by atoms with E-state index in [-0.39, 0.29) is 11.7 Å². The van der Waals surface area contributed by atoms with E-state index in [1.165, 1.54) is 18.5 Å². The Hall–Kier alpha value is -2.30. The van der Waals surface area contributed by atoms with Gasteiger partial charge in [0, 0.05) is 30.5 Å². The van der Waals surface area contributed by atoms with Crippen molar-refractivity contribution in [1.82, 2.24) is 5.16 Å². The van der Waals surface area contributed by atoms with Gasteiger partial charge in [-0.05, 0) is 44.0 Å². The highest BCUT2D eigenvalue weighted by Gasteiger charge is 2.14. The Morgan fingerprint density at radius 2 is 1.95 bits per heavy atom. The van der Waals surface area contributed by atoms with E-state index >= 15 is 0 Å². The number of nitrogens with zero attached hydrogens (tertiary/aromatic N) is 2. The molecular formula is C15H17N3O2. The number of aryl methyl sites for hydroxylation is 1. The summed E-state index contributed by atoms with van der Waals surface area (Å²) in [6.07, 6.45) is 2.51. The van der Waals surface area contributed by atoms with Crippen LogP contribution in [0.4, 0.5) is 11.4 Å². The second-order valence-electron chi connectivity index (χ2n) is 5.03. The van der Waals surface area contributed by atoms with Gasteiger partial charge in [-0.1, -0.05) is 5.16 Å². The highest BCUT2D eigenvalue weighted by Crippen LogP contribution is 2.22. The van der Waals surface area contributed by atoms with E-state index in [4.69, 9.17) is 4.52 Å². The maximum atomic E-state index is 11.9. The molecule has 0 unspecified atom stereocenters. The third-order valence-corrected chi connectivity index (χ3v) is 3.45. The fraction of sp³-hybridized carbons (Fsp3) is 0.333. The molecule has 0 bridgehead atoms. The number of benzene rings is 1. The lowest BCUT2D eigenvalue weighted by Gasteiger charge is -2.17. The van der Waals surface area contributed by atoms with Gasteiger partial charge in [0.1, 0.15) is 0 Å². The Morgan fingerprint density at radius 1 is 1.25 bits per heavy atom. The summed E-state index contributed by atoms with van der Waals surface area (Å²) in [5, 5.41) is 6.50. The molecule has 1 aliphatic rings. The number of carbonyl (C=O) groups excluding carboxylic acids is 1. The van der Waals surface area contributed by atoms with Crippen LogP contribution in [0.1, 0.15) is 29.1 Å².